The van der Waals surface area contributed by atoms with E-state index in [0.29, 0.717) is 12.4 Å². The Labute approximate surface area is 102 Å². The lowest BCUT2D eigenvalue weighted by Gasteiger charge is -2.08. The first-order valence-corrected chi connectivity index (χ1v) is 5.68. The van der Waals surface area contributed by atoms with Gasteiger partial charge < -0.3 is 5.32 Å². The summed E-state index contributed by atoms with van der Waals surface area (Å²) in [5.74, 6) is 0.682. The van der Waals surface area contributed by atoms with Crippen LogP contribution in [0.1, 0.15) is 11.4 Å². The van der Waals surface area contributed by atoms with Gasteiger partial charge >= 0.3 is 0 Å². The second-order valence-electron chi connectivity index (χ2n) is 3.46. The highest BCUT2D eigenvalue weighted by Crippen LogP contribution is 2.23. The van der Waals surface area contributed by atoms with Crippen molar-refractivity contribution in [3.05, 3.63) is 34.1 Å². The van der Waals surface area contributed by atoms with Gasteiger partial charge in [-0.25, -0.2) is 0 Å². The highest BCUT2D eigenvalue weighted by Gasteiger charge is 2.03. The van der Waals surface area contributed by atoms with Gasteiger partial charge in [-0.05, 0) is 29.8 Å². The average Bonchev–Trinajstić information content (AvgIpc) is 2.67. The minimum atomic E-state index is 0.575. The number of nitrogens with zero attached hydrogens (tertiary/aromatic N) is 4. The fourth-order valence-corrected chi connectivity index (χ4v) is 1.73. The van der Waals surface area contributed by atoms with E-state index in [2.05, 4.69) is 43.6 Å². The van der Waals surface area contributed by atoms with Crippen LogP contribution in [0.2, 0.25) is 0 Å². The summed E-state index contributed by atoms with van der Waals surface area (Å²) >= 11 is 3.49. The molecule has 1 N–H and O–H groups in total. The van der Waals surface area contributed by atoms with Crippen molar-refractivity contribution in [2.24, 2.45) is 7.05 Å². The van der Waals surface area contributed by atoms with Gasteiger partial charge in [0.15, 0.2) is 5.82 Å². The van der Waals surface area contributed by atoms with Crippen LogP contribution in [0.25, 0.3) is 0 Å². The number of aryl methyl sites for hydroxylation is 1. The SMILES string of the molecule is Cc1c(Br)cccc1NCc1nnn(C)n1. The Balaban J connectivity index is 2.07. The Morgan fingerprint density at radius 2 is 2.25 bits per heavy atom. The van der Waals surface area contributed by atoms with Gasteiger partial charge in [0.05, 0.1) is 13.6 Å². The topological polar surface area (TPSA) is 55.6 Å². The molecule has 0 unspecified atom stereocenters. The summed E-state index contributed by atoms with van der Waals surface area (Å²) in [5.41, 5.74) is 2.24. The van der Waals surface area contributed by atoms with Crippen LogP contribution in [0.5, 0.6) is 0 Å². The van der Waals surface area contributed by atoms with Gasteiger partial charge in [-0.15, -0.1) is 10.2 Å². The quantitative estimate of drug-likeness (QED) is 0.934. The number of tetrazole rings is 1. The summed E-state index contributed by atoms with van der Waals surface area (Å²) in [6.07, 6.45) is 0. The number of aromatic nitrogens is 4. The van der Waals surface area contributed by atoms with Crippen molar-refractivity contribution in [2.45, 2.75) is 13.5 Å². The summed E-state index contributed by atoms with van der Waals surface area (Å²) < 4.78 is 1.09. The Morgan fingerprint density at radius 3 is 2.94 bits per heavy atom. The predicted molar refractivity (Wildman–Crippen MR) is 65.0 cm³/mol. The Kier molecular flexibility index (Phi) is 3.19. The first kappa shape index (κ1) is 11.1. The smallest absolute Gasteiger partial charge is 0.193 e. The van der Waals surface area contributed by atoms with Crippen molar-refractivity contribution < 1.29 is 0 Å². The van der Waals surface area contributed by atoms with Crippen molar-refractivity contribution in [3.8, 4) is 0 Å². The van der Waals surface area contributed by atoms with Gasteiger partial charge in [0, 0.05) is 10.2 Å². The van der Waals surface area contributed by atoms with Gasteiger partial charge in [-0.1, -0.05) is 22.0 Å². The third-order valence-electron chi connectivity index (χ3n) is 2.25. The molecule has 6 heteroatoms. The van der Waals surface area contributed by atoms with Gasteiger partial charge in [0.25, 0.3) is 0 Å². The molecule has 0 aliphatic rings. The van der Waals surface area contributed by atoms with E-state index in [4.69, 9.17) is 0 Å². The molecule has 0 aliphatic heterocycles. The standard InChI is InChI=1S/C10H12BrN5/c1-7-8(11)4-3-5-9(7)12-6-10-13-15-16(2)14-10/h3-5,12H,6H2,1-2H3. The van der Waals surface area contributed by atoms with Crippen LogP contribution in [-0.4, -0.2) is 20.2 Å². The van der Waals surface area contributed by atoms with E-state index < -0.39 is 0 Å². The third kappa shape index (κ3) is 2.38. The Hall–Kier alpha value is -1.43. The molecule has 1 aromatic carbocycles. The summed E-state index contributed by atoms with van der Waals surface area (Å²) in [6, 6.07) is 6.03. The molecule has 0 bridgehead atoms. The largest absolute Gasteiger partial charge is 0.377 e. The molecule has 16 heavy (non-hydrogen) atoms. The molecule has 2 aromatic rings. The zero-order chi connectivity index (χ0) is 11.5. The first-order valence-electron chi connectivity index (χ1n) is 4.88. The van der Waals surface area contributed by atoms with E-state index >= 15 is 0 Å². The Morgan fingerprint density at radius 1 is 1.44 bits per heavy atom. The number of rotatable bonds is 3. The molecule has 0 saturated carbocycles. The molecule has 0 aliphatic carbocycles. The minimum absolute atomic E-state index is 0.575. The molecule has 2 rings (SSSR count). The maximum absolute atomic E-state index is 4.10. The maximum atomic E-state index is 4.10. The lowest BCUT2D eigenvalue weighted by atomic mass is 10.2. The summed E-state index contributed by atoms with van der Waals surface area (Å²) in [4.78, 5) is 1.45. The normalized spacial score (nSPS) is 10.4. The van der Waals surface area contributed by atoms with E-state index in [1.165, 1.54) is 10.4 Å². The van der Waals surface area contributed by atoms with Crippen molar-refractivity contribution in [1.29, 1.82) is 0 Å². The molecular formula is C10H12BrN5. The number of benzene rings is 1. The van der Waals surface area contributed by atoms with Crippen LogP contribution in [0.4, 0.5) is 5.69 Å². The summed E-state index contributed by atoms with van der Waals surface area (Å²) in [7, 11) is 1.75. The number of hydrogen-bond donors (Lipinski definition) is 1. The number of hydrogen-bond acceptors (Lipinski definition) is 4. The van der Waals surface area contributed by atoms with Gasteiger partial charge in [0.2, 0.25) is 0 Å². The van der Waals surface area contributed by atoms with Crippen LogP contribution >= 0.6 is 15.9 Å². The second-order valence-corrected chi connectivity index (χ2v) is 4.32. The highest BCUT2D eigenvalue weighted by atomic mass is 79.9. The fraction of sp³-hybridized carbons (Fsp3) is 0.300. The van der Waals surface area contributed by atoms with E-state index in [-0.39, 0.29) is 0 Å². The number of nitrogens with one attached hydrogen (secondary N) is 1. The molecule has 0 atom stereocenters. The van der Waals surface area contributed by atoms with Gasteiger partial charge in [0.1, 0.15) is 0 Å². The second kappa shape index (κ2) is 4.61. The zero-order valence-electron chi connectivity index (χ0n) is 9.11. The maximum Gasteiger partial charge on any atom is 0.193 e. The minimum Gasteiger partial charge on any atom is -0.377 e. The van der Waals surface area contributed by atoms with Crippen LogP contribution in [0, 0.1) is 6.92 Å². The monoisotopic (exact) mass is 281 g/mol. The molecule has 1 heterocycles. The van der Waals surface area contributed by atoms with Crippen LogP contribution < -0.4 is 5.32 Å². The number of anilines is 1. The fourth-order valence-electron chi connectivity index (χ4n) is 1.37. The molecule has 0 spiro atoms. The highest BCUT2D eigenvalue weighted by molar-refractivity contribution is 9.10. The molecule has 0 fully saturated rings. The molecule has 0 saturated heterocycles. The van der Waals surface area contributed by atoms with Crippen molar-refractivity contribution in [2.75, 3.05) is 5.32 Å². The number of halogens is 1. The van der Waals surface area contributed by atoms with E-state index in [1.54, 1.807) is 7.05 Å². The van der Waals surface area contributed by atoms with Crippen molar-refractivity contribution >= 4 is 21.6 Å². The molecule has 0 radical (unpaired) electrons. The van der Waals surface area contributed by atoms with E-state index in [0.717, 1.165) is 10.2 Å². The molecular weight excluding hydrogens is 270 g/mol. The van der Waals surface area contributed by atoms with Crippen molar-refractivity contribution in [1.82, 2.24) is 20.2 Å². The lowest BCUT2D eigenvalue weighted by Crippen LogP contribution is -2.03. The zero-order valence-corrected chi connectivity index (χ0v) is 10.7. The Bertz CT molecular complexity index is 494. The summed E-state index contributed by atoms with van der Waals surface area (Å²) in [6.45, 7) is 2.63. The first-order chi connectivity index (χ1) is 7.66. The van der Waals surface area contributed by atoms with Gasteiger partial charge in [-0.3, -0.25) is 0 Å². The van der Waals surface area contributed by atoms with Gasteiger partial charge in [-0.2, -0.15) is 4.80 Å². The molecule has 1 aromatic heterocycles. The lowest BCUT2D eigenvalue weighted by molar-refractivity contribution is 0.628. The van der Waals surface area contributed by atoms with Crippen molar-refractivity contribution in [3.63, 3.8) is 0 Å². The van der Waals surface area contributed by atoms with Crippen LogP contribution in [0.15, 0.2) is 22.7 Å². The molecule has 5 nitrogen and oxygen atoms in total. The average molecular weight is 282 g/mol. The molecule has 0 amide bonds. The van der Waals surface area contributed by atoms with E-state index in [9.17, 15) is 0 Å². The predicted octanol–water partition coefficient (Wildman–Crippen LogP) is 1.89. The molecule has 84 valence electrons. The van der Waals surface area contributed by atoms with Crippen LogP contribution in [-0.2, 0) is 13.6 Å². The van der Waals surface area contributed by atoms with E-state index in [1.807, 2.05) is 18.2 Å². The van der Waals surface area contributed by atoms with Crippen LogP contribution in [0.3, 0.4) is 0 Å². The summed E-state index contributed by atoms with van der Waals surface area (Å²) in [5, 5.41) is 15.1. The third-order valence-corrected chi connectivity index (χ3v) is 3.11.